The van der Waals surface area contributed by atoms with E-state index in [1.807, 2.05) is 93.6 Å². The molecule has 0 bridgehead atoms. The summed E-state index contributed by atoms with van der Waals surface area (Å²) in [4.78, 5) is 34.2. The Morgan fingerprint density at radius 2 is 1.51 bits per heavy atom. The van der Waals surface area contributed by atoms with Crippen molar-refractivity contribution in [1.29, 1.82) is 0 Å². The molecule has 0 radical (unpaired) electrons. The molecule has 4 aromatic rings. The van der Waals surface area contributed by atoms with Crippen LogP contribution in [-0.4, -0.2) is 65.1 Å². The number of carbonyl (C=O) groups excluding carboxylic acids is 2. The summed E-state index contributed by atoms with van der Waals surface area (Å²) in [6.45, 7) is 7.60. The SMILES string of the molecule is CN(Cc1ccccc1)C(=O)[C@H](Cc1ccccc1)N(CCNCCc1c[nH]c2ccccc12)C(=O)OC(C)(C)C. The van der Waals surface area contributed by atoms with Crippen LogP contribution in [0.15, 0.2) is 91.1 Å². The Morgan fingerprint density at radius 3 is 2.20 bits per heavy atom. The highest BCUT2D eigenvalue weighted by Gasteiger charge is 2.34. The van der Waals surface area contributed by atoms with Gasteiger partial charge in [-0.25, -0.2) is 4.79 Å². The Kier molecular flexibility index (Phi) is 10.2. The molecule has 0 fully saturated rings. The Labute approximate surface area is 243 Å². The monoisotopic (exact) mass is 554 g/mol. The van der Waals surface area contributed by atoms with Crippen molar-refractivity contribution < 1.29 is 14.3 Å². The number of likely N-dealkylation sites (N-methyl/N-ethyl adjacent to an activating group) is 1. The van der Waals surface area contributed by atoms with E-state index in [9.17, 15) is 9.59 Å². The molecule has 4 rings (SSSR count). The number of aromatic nitrogens is 1. The number of para-hydroxylation sites is 1. The van der Waals surface area contributed by atoms with Crippen LogP contribution in [0, 0.1) is 0 Å². The molecule has 7 nitrogen and oxygen atoms in total. The van der Waals surface area contributed by atoms with Crippen LogP contribution >= 0.6 is 0 Å². The van der Waals surface area contributed by atoms with Gasteiger partial charge in [0.15, 0.2) is 0 Å². The van der Waals surface area contributed by atoms with E-state index < -0.39 is 17.7 Å². The number of hydrogen-bond donors (Lipinski definition) is 2. The van der Waals surface area contributed by atoms with Gasteiger partial charge in [0, 0.05) is 50.2 Å². The highest BCUT2D eigenvalue weighted by atomic mass is 16.6. The summed E-state index contributed by atoms with van der Waals surface area (Å²) in [5.74, 6) is -0.123. The largest absolute Gasteiger partial charge is 0.444 e. The molecule has 0 saturated heterocycles. The van der Waals surface area contributed by atoms with Gasteiger partial charge in [-0.15, -0.1) is 0 Å². The van der Waals surface area contributed by atoms with E-state index in [0.29, 0.717) is 26.1 Å². The zero-order chi connectivity index (χ0) is 29.2. The molecule has 0 aliphatic carbocycles. The number of amides is 2. The van der Waals surface area contributed by atoms with Gasteiger partial charge in [0.25, 0.3) is 0 Å². The van der Waals surface area contributed by atoms with Crippen LogP contribution in [0.4, 0.5) is 4.79 Å². The number of nitrogens with zero attached hydrogens (tertiary/aromatic N) is 2. The molecule has 1 atom stereocenters. The van der Waals surface area contributed by atoms with Gasteiger partial charge in [-0.1, -0.05) is 78.9 Å². The second-order valence-corrected chi connectivity index (χ2v) is 11.4. The van der Waals surface area contributed by atoms with Crippen LogP contribution < -0.4 is 5.32 Å². The predicted octanol–water partition coefficient (Wildman–Crippen LogP) is 5.81. The van der Waals surface area contributed by atoms with Crippen molar-refractivity contribution >= 4 is 22.9 Å². The highest BCUT2D eigenvalue weighted by molar-refractivity contribution is 5.86. The molecule has 41 heavy (non-hydrogen) atoms. The number of rotatable bonds is 12. The normalized spacial score (nSPS) is 12.2. The van der Waals surface area contributed by atoms with Crippen LogP contribution in [0.2, 0.25) is 0 Å². The van der Waals surface area contributed by atoms with Crippen LogP contribution in [0.25, 0.3) is 10.9 Å². The summed E-state index contributed by atoms with van der Waals surface area (Å²) < 4.78 is 5.82. The van der Waals surface area contributed by atoms with Crippen LogP contribution in [0.3, 0.4) is 0 Å². The fraction of sp³-hybridized carbons (Fsp3) is 0.353. The minimum absolute atomic E-state index is 0.123. The molecule has 2 N–H and O–H groups in total. The lowest BCUT2D eigenvalue weighted by atomic mass is 10.0. The van der Waals surface area contributed by atoms with E-state index in [4.69, 9.17) is 4.74 Å². The molecule has 1 aromatic heterocycles. The molecule has 0 aliphatic rings. The summed E-state index contributed by atoms with van der Waals surface area (Å²) in [5.41, 5.74) is 3.70. The van der Waals surface area contributed by atoms with Crippen molar-refractivity contribution in [2.24, 2.45) is 0 Å². The second-order valence-electron chi connectivity index (χ2n) is 11.4. The lowest BCUT2D eigenvalue weighted by molar-refractivity contribution is -0.136. The molecular weight excluding hydrogens is 512 g/mol. The number of aromatic amines is 1. The summed E-state index contributed by atoms with van der Waals surface area (Å²) in [7, 11) is 1.79. The van der Waals surface area contributed by atoms with Crippen molar-refractivity contribution in [1.82, 2.24) is 20.1 Å². The third-order valence-corrected chi connectivity index (χ3v) is 6.98. The third kappa shape index (κ3) is 8.69. The Morgan fingerprint density at radius 1 is 0.878 bits per heavy atom. The standard InChI is InChI=1S/C34H42N4O3/c1-34(2,3)41-33(40)38(22-21-35-20-19-28-24-36-30-18-12-11-17-29(28)30)31(23-26-13-7-5-8-14-26)32(39)37(4)25-27-15-9-6-10-16-27/h5-18,24,31,35-36H,19-23,25H2,1-4H3/t31-/m0/s1. The average Bonchev–Trinajstić information content (AvgIpc) is 3.37. The minimum Gasteiger partial charge on any atom is -0.444 e. The summed E-state index contributed by atoms with van der Waals surface area (Å²) in [6.07, 6.45) is 2.81. The van der Waals surface area contributed by atoms with Gasteiger partial charge < -0.3 is 19.9 Å². The fourth-order valence-corrected chi connectivity index (χ4v) is 4.94. The van der Waals surface area contributed by atoms with Crippen LogP contribution in [-0.2, 0) is 28.9 Å². The maximum Gasteiger partial charge on any atom is 0.411 e. The van der Waals surface area contributed by atoms with Crippen molar-refractivity contribution in [2.75, 3.05) is 26.7 Å². The molecule has 7 heteroatoms. The minimum atomic E-state index is -0.712. The van der Waals surface area contributed by atoms with E-state index in [0.717, 1.165) is 29.6 Å². The predicted molar refractivity (Wildman–Crippen MR) is 165 cm³/mol. The third-order valence-electron chi connectivity index (χ3n) is 6.98. The van der Waals surface area contributed by atoms with Crippen molar-refractivity contribution in [2.45, 2.75) is 51.8 Å². The average molecular weight is 555 g/mol. The Bertz CT molecular complexity index is 1400. The first-order valence-electron chi connectivity index (χ1n) is 14.3. The first kappa shape index (κ1) is 29.9. The maximum atomic E-state index is 14.0. The zero-order valence-corrected chi connectivity index (χ0v) is 24.6. The number of hydrogen-bond acceptors (Lipinski definition) is 4. The van der Waals surface area contributed by atoms with Crippen molar-refractivity contribution in [3.8, 4) is 0 Å². The molecule has 0 aliphatic heterocycles. The molecule has 2 amide bonds. The zero-order valence-electron chi connectivity index (χ0n) is 24.6. The summed E-state index contributed by atoms with van der Waals surface area (Å²) in [5, 5.41) is 4.70. The summed E-state index contributed by atoms with van der Waals surface area (Å²) in [6, 6.07) is 27.3. The maximum absolute atomic E-state index is 14.0. The van der Waals surface area contributed by atoms with Gasteiger partial charge in [-0.05, 0) is 56.5 Å². The van der Waals surface area contributed by atoms with Gasteiger partial charge in [0.2, 0.25) is 5.91 Å². The van der Waals surface area contributed by atoms with E-state index in [-0.39, 0.29) is 5.91 Å². The second kappa shape index (κ2) is 14.0. The molecular formula is C34H42N4O3. The topological polar surface area (TPSA) is 77.7 Å². The van der Waals surface area contributed by atoms with Crippen LogP contribution in [0.1, 0.15) is 37.5 Å². The number of H-pyrrole nitrogens is 1. The Balaban J connectivity index is 1.49. The van der Waals surface area contributed by atoms with E-state index in [1.54, 1.807) is 16.8 Å². The number of benzene rings is 3. The highest BCUT2D eigenvalue weighted by Crippen LogP contribution is 2.19. The van der Waals surface area contributed by atoms with Crippen molar-refractivity contribution in [3.05, 3.63) is 108 Å². The quantitative estimate of drug-likeness (QED) is 0.217. The summed E-state index contributed by atoms with van der Waals surface area (Å²) >= 11 is 0. The lowest BCUT2D eigenvalue weighted by Crippen LogP contribution is -2.54. The van der Waals surface area contributed by atoms with Crippen molar-refractivity contribution in [3.63, 3.8) is 0 Å². The van der Waals surface area contributed by atoms with Crippen LogP contribution in [0.5, 0.6) is 0 Å². The van der Waals surface area contributed by atoms with Gasteiger partial charge in [0.05, 0.1) is 0 Å². The molecule has 0 spiro atoms. The number of carbonyl (C=O) groups is 2. The number of nitrogens with one attached hydrogen (secondary N) is 2. The smallest absolute Gasteiger partial charge is 0.411 e. The number of ether oxygens (including phenoxy) is 1. The lowest BCUT2D eigenvalue weighted by Gasteiger charge is -2.35. The molecule has 0 saturated carbocycles. The fourth-order valence-electron chi connectivity index (χ4n) is 4.94. The molecule has 216 valence electrons. The molecule has 3 aromatic carbocycles. The van der Waals surface area contributed by atoms with Gasteiger partial charge in [-0.2, -0.15) is 0 Å². The first-order valence-corrected chi connectivity index (χ1v) is 14.3. The number of fused-ring (bicyclic) bond motifs is 1. The Hall–Kier alpha value is -4.10. The van der Waals surface area contributed by atoms with E-state index in [2.05, 4.69) is 28.6 Å². The first-order chi connectivity index (χ1) is 19.7. The van der Waals surface area contributed by atoms with Gasteiger partial charge in [0.1, 0.15) is 11.6 Å². The molecule has 0 unspecified atom stereocenters. The van der Waals surface area contributed by atoms with E-state index >= 15 is 0 Å². The van der Waals surface area contributed by atoms with E-state index in [1.165, 1.54) is 10.9 Å². The van der Waals surface area contributed by atoms with Gasteiger partial charge in [-0.3, -0.25) is 9.69 Å². The van der Waals surface area contributed by atoms with Gasteiger partial charge >= 0.3 is 6.09 Å². The molecule has 1 heterocycles.